The van der Waals surface area contributed by atoms with Gasteiger partial charge in [0.2, 0.25) is 5.78 Å². The molecule has 8 nitrogen and oxygen atoms in total. The number of aromatic hydroxyl groups is 1. The summed E-state index contributed by atoms with van der Waals surface area (Å²) in [5, 5.41) is 21.6. The molecule has 3 aromatic carbocycles. The number of aliphatic hydroxyl groups is 1. The molecule has 5 rings (SSSR count). The van der Waals surface area contributed by atoms with E-state index < -0.39 is 23.5 Å². The molecule has 1 aromatic heterocycles. The summed E-state index contributed by atoms with van der Waals surface area (Å²) in [5.41, 5.74) is 2.88. The molecule has 0 bridgehead atoms. The van der Waals surface area contributed by atoms with Crippen LogP contribution in [0.3, 0.4) is 0 Å². The van der Waals surface area contributed by atoms with Crippen molar-refractivity contribution >= 4 is 23.0 Å². The van der Waals surface area contributed by atoms with Gasteiger partial charge in [0.1, 0.15) is 10.8 Å². The van der Waals surface area contributed by atoms with E-state index in [-0.39, 0.29) is 17.9 Å². The van der Waals surface area contributed by atoms with Crippen molar-refractivity contribution in [1.29, 1.82) is 0 Å². The Morgan fingerprint density at radius 2 is 1.68 bits per heavy atom. The number of aromatic nitrogens is 1. The molecule has 0 fully saturated rings. The predicted molar refractivity (Wildman–Crippen MR) is 152 cm³/mol. The highest BCUT2D eigenvalue weighted by molar-refractivity contribution is 7.17. The molecule has 0 radical (unpaired) electrons. The number of Topliss-reactive ketones (excluding diaryl/α,β-unsaturated/α-hetero) is 1. The van der Waals surface area contributed by atoms with Crippen molar-refractivity contribution in [2.75, 3.05) is 20.8 Å². The van der Waals surface area contributed by atoms with Crippen molar-refractivity contribution in [2.45, 2.75) is 19.4 Å². The van der Waals surface area contributed by atoms with Crippen LogP contribution in [0.1, 0.15) is 32.5 Å². The molecular formula is C31H28N2O6S. The van der Waals surface area contributed by atoms with E-state index >= 15 is 0 Å². The van der Waals surface area contributed by atoms with Crippen LogP contribution in [0.5, 0.6) is 17.2 Å². The number of carbonyl (C=O) groups excluding carboxylic acids is 2. The summed E-state index contributed by atoms with van der Waals surface area (Å²) in [7, 11) is 3.11. The number of aliphatic hydroxyl groups excluding tert-OH is 1. The van der Waals surface area contributed by atoms with Crippen LogP contribution in [0.25, 0.3) is 10.6 Å². The number of benzene rings is 3. The summed E-state index contributed by atoms with van der Waals surface area (Å²) in [5.74, 6) is -0.453. The van der Waals surface area contributed by atoms with Gasteiger partial charge in [-0.05, 0) is 48.7 Å². The topological polar surface area (TPSA) is 109 Å². The molecule has 40 heavy (non-hydrogen) atoms. The first-order chi connectivity index (χ1) is 19.3. The maximum Gasteiger partial charge on any atom is 0.290 e. The Kier molecular flexibility index (Phi) is 7.57. The Labute approximate surface area is 235 Å². The largest absolute Gasteiger partial charge is 0.508 e. The van der Waals surface area contributed by atoms with E-state index in [1.165, 1.54) is 28.4 Å². The highest BCUT2D eigenvalue weighted by atomic mass is 32.1. The van der Waals surface area contributed by atoms with Gasteiger partial charge in [-0.1, -0.05) is 48.5 Å². The number of aryl methyl sites for hydroxylation is 1. The first-order valence-electron chi connectivity index (χ1n) is 12.6. The summed E-state index contributed by atoms with van der Waals surface area (Å²) >= 11 is 1.23. The minimum atomic E-state index is -0.845. The fourth-order valence-corrected chi connectivity index (χ4v) is 5.86. The van der Waals surface area contributed by atoms with Crippen LogP contribution < -0.4 is 9.47 Å². The minimum absolute atomic E-state index is 0.00522. The lowest BCUT2D eigenvalue weighted by Crippen LogP contribution is -2.33. The lowest BCUT2D eigenvalue weighted by molar-refractivity contribution is -0.129. The first-order valence-corrected chi connectivity index (χ1v) is 13.5. The average molecular weight is 557 g/mol. The molecule has 9 heteroatoms. The van der Waals surface area contributed by atoms with Crippen LogP contribution >= 0.6 is 11.3 Å². The van der Waals surface area contributed by atoms with Crippen molar-refractivity contribution in [1.82, 2.24) is 9.88 Å². The lowest BCUT2D eigenvalue weighted by Gasteiger charge is -2.27. The number of methoxy groups -OCH3 is 2. The number of hydrogen-bond donors (Lipinski definition) is 2. The molecule has 2 N–H and O–H groups in total. The van der Waals surface area contributed by atoms with Crippen LogP contribution in [0.15, 0.2) is 84.1 Å². The minimum Gasteiger partial charge on any atom is -0.508 e. The van der Waals surface area contributed by atoms with Crippen LogP contribution in [0.4, 0.5) is 0 Å². The van der Waals surface area contributed by atoms with Gasteiger partial charge in [0.25, 0.3) is 5.91 Å². The molecule has 2 heterocycles. The third kappa shape index (κ3) is 5.03. The number of rotatable bonds is 9. The highest BCUT2D eigenvalue weighted by Crippen LogP contribution is 2.41. The van der Waals surface area contributed by atoms with Crippen molar-refractivity contribution in [3.63, 3.8) is 0 Å². The number of carbonyl (C=O) groups is 2. The highest BCUT2D eigenvalue weighted by Gasteiger charge is 2.44. The molecule has 1 atom stereocenters. The van der Waals surface area contributed by atoms with Crippen LogP contribution in [-0.2, 0) is 11.2 Å². The fourth-order valence-electron chi connectivity index (χ4n) is 4.84. The first kappa shape index (κ1) is 27.0. The molecule has 1 aliphatic rings. The number of amides is 1. The van der Waals surface area contributed by atoms with Crippen molar-refractivity contribution < 1.29 is 29.3 Å². The monoisotopic (exact) mass is 556 g/mol. The molecule has 1 aliphatic heterocycles. The molecule has 0 saturated heterocycles. The predicted octanol–water partition coefficient (Wildman–Crippen LogP) is 5.66. The third-order valence-electron chi connectivity index (χ3n) is 6.87. The zero-order chi connectivity index (χ0) is 28.4. The van der Waals surface area contributed by atoms with Gasteiger partial charge in [-0.3, -0.25) is 9.59 Å². The summed E-state index contributed by atoms with van der Waals surface area (Å²) < 4.78 is 10.7. The number of thiazole rings is 1. The van der Waals surface area contributed by atoms with E-state index in [0.717, 1.165) is 11.1 Å². The van der Waals surface area contributed by atoms with Gasteiger partial charge in [-0.15, -0.1) is 11.3 Å². The number of ether oxygens (including phenoxy) is 2. The second-order valence-corrected chi connectivity index (χ2v) is 10.3. The Bertz CT molecular complexity index is 1590. The Hall–Kier alpha value is -4.63. The van der Waals surface area contributed by atoms with E-state index in [9.17, 15) is 19.8 Å². The number of nitrogens with zero attached hydrogens (tertiary/aromatic N) is 2. The number of ketones is 1. The van der Waals surface area contributed by atoms with E-state index in [1.807, 2.05) is 42.5 Å². The van der Waals surface area contributed by atoms with E-state index in [1.54, 1.807) is 39.3 Å². The number of phenols is 1. The van der Waals surface area contributed by atoms with Gasteiger partial charge >= 0.3 is 0 Å². The molecule has 0 spiro atoms. The van der Waals surface area contributed by atoms with Gasteiger partial charge < -0.3 is 24.6 Å². The zero-order valence-corrected chi connectivity index (χ0v) is 23.1. The molecule has 204 valence electrons. The van der Waals surface area contributed by atoms with Crippen molar-refractivity contribution in [3.8, 4) is 27.8 Å². The molecular weight excluding hydrogens is 528 g/mol. The lowest BCUT2D eigenvalue weighted by atomic mass is 9.94. The van der Waals surface area contributed by atoms with Crippen LogP contribution in [-0.4, -0.2) is 52.6 Å². The second kappa shape index (κ2) is 11.2. The van der Waals surface area contributed by atoms with E-state index in [0.29, 0.717) is 39.1 Å². The fraction of sp³-hybridized carbons (Fsp3) is 0.194. The Balaban J connectivity index is 1.50. The van der Waals surface area contributed by atoms with Gasteiger partial charge in [-0.25, -0.2) is 4.98 Å². The summed E-state index contributed by atoms with van der Waals surface area (Å²) in [6.07, 6.45) is 0.438. The smallest absolute Gasteiger partial charge is 0.290 e. The Morgan fingerprint density at radius 3 is 2.35 bits per heavy atom. The molecule has 4 aromatic rings. The molecule has 0 saturated carbocycles. The van der Waals surface area contributed by atoms with Gasteiger partial charge in [-0.2, -0.15) is 0 Å². The summed E-state index contributed by atoms with van der Waals surface area (Å²) in [4.78, 5) is 33.8. The summed E-state index contributed by atoms with van der Waals surface area (Å²) in [6, 6.07) is 20.5. The maximum atomic E-state index is 14.0. The zero-order valence-electron chi connectivity index (χ0n) is 22.2. The standard InChI is InChI=1S/C31H28N2O6S/c1-18-29(40-30(32-18)21-7-5-4-6-8-21)27(35)25-26(20-10-12-22(34)13-11-20)33(31(37)28(25)36)16-15-19-9-14-23(38-2)24(17-19)39-3/h4-14,17,26,34,36H,15-16H2,1-3H3. The average Bonchev–Trinajstić information content (AvgIpc) is 3.49. The van der Waals surface area contributed by atoms with Crippen molar-refractivity contribution in [3.05, 3.63) is 106 Å². The van der Waals surface area contributed by atoms with Crippen LogP contribution in [0, 0.1) is 6.92 Å². The normalized spacial score (nSPS) is 15.0. The SMILES string of the molecule is COc1ccc(CCN2C(=O)C(O)=C(C(=O)c3sc(-c4ccccc4)nc3C)C2c2ccc(O)cc2)cc1OC. The molecule has 1 amide bonds. The quantitative estimate of drug-likeness (QED) is 0.256. The molecule has 1 unspecified atom stereocenters. The third-order valence-corrected chi connectivity index (χ3v) is 8.08. The number of hydrogen-bond acceptors (Lipinski definition) is 8. The van der Waals surface area contributed by atoms with Gasteiger partial charge in [0, 0.05) is 12.1 Å². The van der Waals surface area contributed by atoms with Gasteiger partial charge in [0.15, 0.2) is 17.3 Å². The van der Waals surface area contributed by atoms with Crippen molar-refractivity contribution in [2.24, 2.45) is 0 Å². The van der Waals surface area contributed by atoms with E-state index in [2.05, 4.69) is 4.98 Å². The number of phenolic OH excluding ortho intramolecular Hbond substituents is 1. The maximum absolute atomic E-state index is 14.0. The summed E-state index contributed by atoms with van der Waals surface area (Å²) in [6.45, 7) is 1.96. The Morgan fingerprint density at radius 1 is 0.975 bits per heavy atom. The van der Waals surface area contributed by atoms with Gasteiger partial charge in [0.05, 0.1) is 36.4 Å². The second-order valence-electron chi connectivity index (χ2n) is 9.32. The van der Waals surface area contributed by atoms with Crippen LogP contribution in [0.2, 0.25) is 0 Å². The van der Waals surface area contributed by atoms with E-state index in [4.69, 9.17) is 9.47 Å². The molecule has 0 aliphatic carbocycles.